The molecule has 4 rings (SSSR count). The van der Waals surface area contributed by atoms with Crippen LogP contribution in [0.2, 0.25) is 10.0 Å². The van der Waals surface area contributed by atoms with Crippen LogP contribution < -0.4 is 4.74 Å². The van der Waals surface area contributed by atoms with E-state index in [2.05, 4.69) is 0 Å². The highest BCUT2D eigenvalue weighted by Gasteiger charge is 2.20. The molecule has 0 N–H and O–H groups in total. The van der Waals surface area contributed by atoms with Crippen LogP contribution in [0.15, 0.2) is 60.8 Å². The van der Waals surface area contributed by atoms with Crippen LogP contribution in [0.1, 0.15) is 19.4 Å². The van der Waals surface area contributed by atoms with Crippen molar-refractivity contribution in [3.05, 3.63) is 88.0 Å². The molecule has 176 valence electrons. The van der Waals surface area contributed by atoms with Gasteiger partial charge in [-0.15, -0.1) is 0 Å². The van der Waals surface area contributed by atoms with Gasteiger partial charge in [-0.2, -0.15) is 0 Å². The summed E-state index contributed by atoms with van der Waals surface area (Å²) in [4.78, 5) is 14.3. The zero-order valence-corrected chi connectivity index (χ0v) is 20.1. The van der Waals surface area contributed by atoms with Gasteiger partial charge in [-0.05, 0) is 73.5 Å². The maximum absolute atomic E-state index is 13.7. The molecule has 0 atom stereocenters. The Morgan fingerprint density at radius 1 is 0.941 bits per heavy atom. The van der Waals surface area contributed by atoms with Crippen molar-refractivity contribution in [1.29, 1.82) is 0 Å². The molecule has 0 saturated heterocycles. The van der Waals surface area contributed by atoms with Crippen molar-refractivity contribution < 1.29 is 18.3 Å². The van der Waals surface area contributed by atoms with E-state index in [0.717, 1.165) is 17.0 Å². The van der Waals surface area contributed by atoms with Crippen molar-refractivity contribution in [3.63, 3.8) is 0 Å². The van der Waals surface area contributed by atoms with Crippen molar-refractivity contribution in [2.45, 2.75) is 20.4 Å². The third-order valence-electron chi connectivity index (χ3n) is 5.56. The van der Waals surface area contributed by atoms with Gasteiger partial charge < -0.3 is 14.2 Å². The lowest BCUT2D eigenvalue weighted by molar-refractivity contribution is 0.157. The Morgan fingerprint density at radius 2 is 1.59 bits per heavy atom. The van der Waals surface area contributed by atoms with E-state index in [1.54, 1.807) is 29.2 Å². The number of hydrogen-bond donors (Lipinski definition) is 0. The van der Waals surface area contributed by atoms with Gasteiger partial charge in [0.05, 0.1) is 0 Å². The molecule has 3 aromatic carbocycles. The number of carbonyl (C=O) groups excluding carboxylic acids is 1. The first-order chi connectivity index (χ1) is 16.3. The summed E-state index contributed by atoms with van der Waals surface area (Å²) in [6.07, 6.45) is 1.35. The van der Waals surface area contributed by atoms with Crippen LogP contribution in [-0.4, -0.2) is 28.6 Å². The number of amides is 1. The number of rotatable bonds is 6. The lowest BCUT2D eigenvalue weighted by atomic mass is 10.0. The van der Waals surface area contributed by atoms with E-state index < -0.39 is 17.7 Å². The third kappa shape index (κ3) is 5.03. The molecule has 0 spiro atoms. The fourth-order valence-electron chi connectivity index (χ4n) is 4.01. The second-order valence-electron chi connectivity index (χ2n) is 7.79. The largest absolute Gasteiger partial charge is 0.415 e. The average molecular weight is 503 g/mol. The molecular formula is C26H22Cl2F2N2O2. The number of fused-ring (bicyclic) bond motifs is 1. The molecule has 1 amide bonds. The van der Waals surface area contributed by atoms with Gasteiger partial charge in [0.25, 0.3) is 0 Å². The predicted molar refractivity (Wildman–Crippen MR) is 132 cm³/mol. The molecule has 4 aromatic rings. The molecule has 0 saturated carbocycles. The monoisotopic (exact) mass is 502 g/mol. The first-order valence-electron chi connectivity index (χ1n) is 10.8. The summed E-state index contributed by atoms with van der Waals surface area (Å²) in [6.45, 7) is 5.03. The molecule has 8 heteroatoms. The van der Waals surface area contributed by atoms with Gasteiger partial charge in [-0.3, -0.25) is 0 Å². The van der Waals surface area contributed by atoms with Gasteiger partial charge in [0.2, 0.25) is 0 Å². The standard InChI is InChI=1S/C26H22Cl2F2N2O2/c1-3-31(4-2)26(33)34-24-6-5-23-22(25(24)17-11-18(27)13-19(28)12-17)7-8-32(23)15-16-9-20(29)14-21(30)10-16/h5-14H,3-4,15H2,1-2H3. The lowest BCUT2D eigenvalue weighted by Crippen LogP contribution is -2.33. The van der Waals surface area contributed by atoms with Gasteiger partial charge in [0, 0.05) is 58.4 Å². The fourth-order valence-corrected chi connectivity index (χ4v) is 4.54. The predicted octanol–water partition coefficient (Wildman–Crippen LogP) is 7.78. The number of carbonyl (C=O) groups is 1. The van der Waals surface area contributed by atoms with Crippen LogP contribution in [-0.2, 0) is 6.54 Å². The molecule has 1 aromatic heterocycles. The molecule has 4 nitrogen and oxygen atoms in total. The Bertz CT molecular complexity index is 1330. The summed E-state index contributed by atoms with van der Waals surface area (Å²) >= 11 is 12.5. The summed E-state index contributed by atoms with van der Waals surface area (Å²) < 4.78 is 35.1. The SMILES string of the molecule is CCN(CC)C(=O)Oc1ccc2c(ccn2Cc2cc(F)cc(F)c2)c1-c1cc(Cl)cc(Cl)c1. The highest BCUT2D eigenvalue weighted by atomic mass is 35.5. The third-order valence-corrected chi connectivity index (χ3v) is 6.00. The zero-order valence-electron chi connectivity index (χ0n) is 18.6. The number of ether oxygens (including phenoxy) is 1. The number of nitrogens with zero attached hydrogens (tertiary/aromatic N) is 2. The minimum atomic E-state index is -0.633. The van der Waals surface area contributed by atoms with Gasteiger partial charge >= 0.3 is 6.09 Å². The highest BCUT2D eigenvalue weighted by Crippen LogP contribution is 2.40. The molecule has 0 radical (unpaired) electrons. The van der Waals surface area contributed by atoms with Gasteiger partial charge in [-0.1, -0.05) is 23.2 Å². The molecule has 0 aliphatic rings. The van der Waals surface area contributed by atoms with Crippen LogP contribution >= 0.6 is 23.2 Å². The van der Waals surface area contributed by atoms with Gasteiger partial charge in [0.15, 0.2) is 0 Å². The molecule has 0 unspecified atom stereocenters. The molecule has 1 heterocycles. The highest BCUT2D eigenvalue weighted by molar-refractivity contribution is 6.35. The van der Waals surface area contributed by atoms with Crippen LogP contribution in [0.25, 0.3) is 22.0 Å². The lowest BCUT2D eigenvalue weighted by Gasteiger charge is -2.20. The van der Waals surface area contributed by atoms with Crippen LogP contribution in [0.5, 0.6) is 5.75 Å². The van der Waals surface area contributed by atoms with Gasteiger partial charge in [0.1, 0.15) is 17.4 Å². The number of halogens is 4. The van der Waals surface area contributed by atoms with E-state index in [4.69, 9.17) is 27.9 Å². The maximum atomic E-state index is 13.7. The molecular weight excluding hydrogens is 481 g/mol. The van der Waals surface area contributed by atoms with Gasteiger partial charge in [-0.25, -0.2) is 13.6 Å². The van der Waals surface area contributed by atoms with E-state index in [1.807, 2.05) is 36.7 Å². The molecule has 34 heavy (non-hydrogen) atoms. The van der Waals surface area contributed by atoms with E-state index in [-0.39, 0.29) is 6.54 Å². The summed E-state index contributed by atoms with van der Waals surface area (Å²) in [5.74, 6) is -0.907. The van der Waals surface area contributed by atoms with Crippen molar-refractivity contribution in [2.24, 2.45) is 0 Å². The summed E-state index contributed by atoms with van der Waals surface area (Å²) in [5.41, 5.74) is 2.60. The van der Waals surface area contributed by atoms with E-state index >= 15 is 0 Å². The molecule has 0 aliphatic carbocycles. The maximum Gasteiger partial charge on any atom is 0.415 e. The van der Waals surface area contributed by atoms with E-state index in [0.29, 0.717) is 45.6 Å². The summed E-state index contributed by atoms with van der Waals surface area (Å²) in [6, 6.07) is 13.9. The van der Waals surface area contributed by atoms with Crippen molar-refractivity contribution in [3.8, 4) is 16.9 Å². The molecule has 0 aliphatic heterocycles. The second-order valence-corrected chi connectivity index (χ2v) is 8.66. The average Bonchev–Trinajstić information content (AvgIpc) is 3.15. The number of benzene rings is 3. The normalized spacial score (nSPS) is 11.1. The Labute approximate surface area is 206 Å². The second kappa shape index (κ2) is 10.0. The fraction of sp³-hybridized carbons (Fsp3) is 0.192. The summed E-state index contributed by atoms with van der Waals surface area (Å²) in [7, 11) is 0. The Kier molecular flexibility index (Phi) is 7.10. The first kappa shape index (κ1) is 24.0. The topological polar surface area (TPSA) is 34.5 Å². The summed E-state index contributed by atoms with van der Waals surface area (Å²) in [5, 5.41) is 1.66. The van der Waals surface area contributed by atoms with Crippen molar-refractivity contribution in [1.82, 2.24) is 9.47 Å². The van der Waals surface area contributed by atoms with Crippen LogP contribution in [0.4, 0.5) is 13.6 Å². The molecule has 0 fully saturated rings. The number of hydrogen-bond acceptors (Lipinski definition) is 2. The van der Waals surface area contributed by atoms with Crippen LogP contribution in [0.3, 0.4) is 0 Å². The Hall–Kier alpha value is -3.09. The number of aromatic nitrogens is 1. The van der Waals surface area contributed by atoms with Crippen molar-refractivity contribution >= 4 is 40.2 Å². The minimum absolute atomic E-state index is 0.256. The van der Waals surface area contributed by atoms with Crippen molar-refractivity contribution in [2.75, 3.05) is 13.1 Å². The minimum Gasteiger partial charge on any atom is -0.410 e. The Balaban J connectivity index is 1.85. The van der Waals surface area contributed by atoms with Crippen LogP contribution in [0, 0.1) is 11.6 Å². The Morgan fingerprint density at radius 3 is 2.21 bits per heavy atom. The van der Waals surface area contributed by atoms with E-state index in [9.17, 15) is 13.6 Å². The first-order valence-corrected chi connectivity index (χ1v) is 11.5. The van der Waals surface area contributed by atoms with E-state index in [1.165, 1.54) is 12.1 Å². The smallest absolute Gasteiger partial charge is 0.410 e. The zero-order chi connectivity index (χ0) is 24.4. The quantitative estimate of drug-likeness (QED) is 0.269. The molecule has 0 bridgehead atoms.